The minimum atomic E-state index is -2.48. The van der Waals surface area contributed by atoms with Crippen molar-refractivity contribution in [3.8, 4) is 0 Å². The predicted molar refractivity (Wildman–Crippen MR) is 61.0 cm³/mol. The SMILES string of the molecule is CNCC1(c2ccc(C)cc2)CC(F)(F)C1. The Labute approximate surface area is 94.9 Å². The Balaban J connectivity index is 2.24. The van der Waals surface area contributed by atoms with E-state index < -0.39 is 5.92 Å². The van der Waals surface area contributed by atoms with Crippen LogP contribution in [0.15, 0.2) is 24.3 Å². The Morgan fingerprint density at radius 2 is 1.75 bits per heavy atom. The van der Waals surface area contributed by atoms with Gasteiger partial charge in [-0.25, -0.2) is 8.78 Å². The van der Waals surface area contributed by atoms with Gasteiger partial charge in [-0.1, -0.05) is 29.8 Å². The van der Waals surface area contributed by atoms with Crippen LogP contribution in [0.4, 0.5) is 8.78 Å². The lowest BCUT2D eigenvalue weighted by molar-refractivity contribution is -0.125. The van der Waals surface area contributed by atoms with E-state index in [2.05, 4.69) is 5.32 Å². The molecule has 0 heterocycles. The van der Waals surface area contributed by atoms with Crippen LogP contribution < -0.4 is 5.32 Å². The molecule has 0 saturated heterocycles. The summed E-state index contributed by atoms with van der Waals surface area (Å²) >= 11 is 0. The van der Waals surface area contributed by atoms with Gasteiger partial charge < -0.3 is 5.32 Å². The molecule has 0 amide bonds. The second-order valence-corrected chi connectivity index (χ2v) is 4.89. The Kier molecular flexibility index (Phi) is 2.74. The minimum absolute atomic E-state index is 0.0378. The van der Waals surface area contributed by atoms with Crippen molar-refractivity contribution in [3.63, 3.8) is 0 Å². The first kappa shape index (κ1) is 11.5. The van der Waals surface area contributed by atoms with Gasteiger partial charge in [0.05, 0.1) is 0 Å². The summed E-state index contributed by atoms with van der Waals surface area (Å²) in [7, 11) is 1.81. The van der Waals surface area contributed by atoms with E-state index >= 15 is 0 Å². The largest absolute Gasteiger partial charge is 0.319 e. The van der Waals surface area contributed by atoms with E-state index in [1.54, 1.807) is 0 Å². The van der Waals surface area contributed by atoms with Gasteiger partial charge in [0.15, 0.2) is 0 Å². The fraction of sp³-hybridized carbons (Fsp3) is 0.538. The third-order valence-electron chi connectivity index (χ3n) is 3.37. The van der Waals surface area contributed by atoms with E-state index in [-0.39, 0.29) is 18.3 Å². The number of nitrogens with one attached hydrogen (secondary N) is 1. The molecule has 16 heavy (non-hydrogen) atoms. The molecule has 1 fully saturated rings. The van der Waals surface area contributed by atoms with E-state index in [0.717, 1.165) is 11.1 Å². The van der Waals surface area contributed by atoms with Crippen molar-refractivity contribution in [1.29, 1.82) is 0 Å². The smallest absolute Gasteiger partial charge is 0.250 e. The Hall–Kier alpha value is -0.960. The first-order valence-corrected chi connectivity index (χ1v) is 5.57. The zero-order chi connectivity index (χ0) is 11.8. The summed E-state index contributed by atoms with van der Waals surface area (Å²) in [5.74, 6) is -2.48. The van der Waals surface area contributed by atoms with Crippen molar-refractivity contribution in [1.82, 2.24) is 5.32 Å². The first-order chi connectivity index (χ1) is 7.47. The number of alkyl halides is 2. The number of benzene rings is 1. The molecular formula is C13H17F2N. The lowest BCUT2D eigenvalue weighted by Crippen LogP contribution is -2.54. The van der Waals surface area contributed by atoms with Crippen LogP contribution in [0.2, 0.25) is 0 Å². The molecule has 1 N–H and O–H groups in total. The topological polar surface area (TPSA) is 12.0 Å². The van der Waals surface area contributed by atoms with Crippen LogP contribution in [0.5, 0.6) is 0 Å². The third-order valence-corrected chi connectivity index (χ3v) is 3.37. The zero-order valence-corrected chi connectivity index (χ0v) is 9.69. The average Bonchev–Trinajstić information content (AvgIpc) is 2.16. The van der Waals surface area contributed by atoms with Gasteiger partial charge in [0.25, 0.3) is 0 Å². The quantitative estimate of drug-likeness (QED) is 0.834. The molecule has 0 aromatic heterocycles. The fourth-order valence-electron chi connectivity index (χ4n) is 2.62. The van der Waals surface area contributed by atoms with Crippen LogP contribution in [-0.4, -0.2) is 19.5 Å². The second-order valence-electron chi connectivity index (χ2n) is 4.89. The van der Waals surface area contributed by atoms with Gasteiger partial charge in [0, 0.05) is 24.8 Å². The van der Waals surface area contributed by atoms with Crippen molar-refractivity contribution >= 4 is 0 Å². The third kappa shape index (κ3) is 1.96. The molecule has 88 valence electrons. The highest BCUT2D eigenvalue weighted by atomic mass is 19.3. The standard InChI is InChI=1S/C13H17F2N/c1-10-3-5-11(6-4-10)12(9-16-2)7-13(14,15)8-12/h3-6,16H,7-9H2,1-2H3. The van der Waals surface area contributed by atoms with E-state index in [0.29, 0.717) is 6.54 Å². The fourth-order valence-corrected chi connectivity index (χ4v) is 2.62. The van der Waals surface area contributed by atoms with Crippen LogP contribution in [0.1, 0.15) is 24.0 Å². The summed E-state index contributed by atoms with van der Waals surface area (Å²) in [6, 6.07) is 7.93. The number of rotatable bonds is 3. The van der Waals surface area contributed by atoms with Gasteiger partial charge in [0.2, 0.25) is 5.92 Å². The molecule has 0 unspecified atom stereocenters. The zero-order valence-electron chi connectivity index (χ0n) is 9.69. The molecule has 1 nitrogen and oxygen atoms in total. The van der Waals surface area contributed by atoms with E-state index in [4.69, 9.17) is 0 Å². The molecular weight excluding hydrogens is 208 g/mol. The molecule has 1 saturated carbocycles. The highest BCUT2D eigenvalue weighted by Gasteiger charge is 2.56. The molecule has 2 rings (SSSR count). The van der Waals surface area contributed by atoms with Gasteiger partial charge in [0.1, 0.15) is 0 Å². The highest BCUT2D eigenvalue weighted by molar-refractivity contribution is 5.33. The molecule has 1 aromatic carbocycles. The minimum Gasteiger partial charge on any atom is -0.319 e. The molecule has 0 atom stereocenters. The molecule has 0 radical (unpaired) electrons. The summed E-state index contributed by atoms with van der Waals surface area (Å²) in [6.07, 6.45) is -0.0756. The summed E-state index contributed by atoms with van der Waals surface area (Å²) in [4.78, 5) is 0. The van der Waals surface area contributed by atoms with E-state index in [9.17, 15) is 8.78 Å². The average molecular weight is 225 g/mol. The number of hydrogen-bond donors (Lipinski definition) is 1. The lowest BCUT2D eigenvalue weighted by Gasteiger charge is -2.48. The summed E-state index contributed by atoms with van der Waals surface area (Å²) < 4.78 is 26.2. The molecule has 0 spiro atoms. The predicted octanol–water partition coefficient (Wildman–Crippen LogP) is 2.88. The monoisotopic (exact) mass is 225 g/mol. The van der Waals surface area contributed by atoms with Crippen molar-refractivity contribution in [3.05, 3.63) is 35.4 Å². The number of aryl methyl sites for hydroxylation is 1. The molecule has 1 aliphatic carbocycles. The van der Waals surface area contributed by atoms with Crippen molar-refractivity contribution in [2.45, 2.75) is 31.1 Å². The van der Waals surface area contributed by atoms with Crippen LogP contribution in [0.25, 0.3) is 0 Å². The Morgan fingerprint density at radius 1 is 1.19 bits per heavy atom. The van der Waals surface area contributed by atoms with Crippen LogP contribution in [0, 0.1) is 6.92 Å². The Morgan fingerprint density at radius 3 is 2.19 bits per heavy atom. The van der Waals surface area contributed by atoms with Crippen LogP contribution in [0.3, 0.4) is 0 Å². The van der Waals surface area contributed by atoms with Crippen molar-refractivity contribution in [2.75, 3.05) is 13.6 Å². The Bertz CT molecular complexity index is 362. The van der Waals surface area contributed by atoms with Gasteiger partial charge >= 0.3 is 0 Å². The summed E-state index contributed by atoms with van der Waals surface area (Å²) in [5.41, 5.74) is 1.82. The van der Waals surface area contributed by atoms with Crippen LogP contribution in [-0.2, 0) is 5.41 Å². The van der Waals surface area contributed by atoms with Crippen molar-refractivity contribution in [2.24, 2.45) is 0 Å². The lowest BCUT2D eigenvalue weighted by atomic mass is 9.62. The van der Waals surface area contributed by atoms with Crippen molar-refractivity contribution < 1.29 is 8.78 Å². The normalized spacial score (nSPS) is 21.5. The maximum absolute atomic E-state index is 13.1. The number of hydrogen-bond acceptors (Lipinski definition) is 1. The summed E-state index contributed by atoms with van der Waals surface area (Å²) in [6.45, 7) is 2.62. The molecule has 0 aliphatic heterocycles. The maximum atomic E-state index is 13.1. The molecule has 3 heteroatoms. The van der Waals surface area contributed by atoms with E-state index in [1.807, 2.05) is 38.2 Å². The maximum Gasteiger partial charge on any atom is 0.250 e. The second kappa shape index (κ2) is 3.81. The highest BCUT2D eigenvalue weighted by Crippen LogP contribution is 2.52. The van der Waals surface area contributed by atoms with Crippen LogP contribution >= 0.6 is 0 Å². The van der Waals surface area contributed by atoms with Gasteiger partial charge in [-0.05, 0) is 19.5 Å². The van der Waals surface area contributed by atoms with Gasteiger partial charge in [-0.15, -0.1) is 0 Å². The number of likely N-dealkylation sites (N-methyl/N-ethyl adjacent to an activating group) is 1. The molecule has 0 bridgehead atoms. The first-order valence-electron chi connectivity index (χ1n) is 5.57. The van der Waals surface area contributed by atoms with E-state index in [1.165, 1.54) is 0 Å². The molecule has 1 aliphatic rings. The van der Waals surface area contributed by atoms with Gasteiger partial charge in [-0.2, -0.15) is 0 Å². The number of halogens is 2. The molecule has 1 aromatic rings. The summed E-state index contributed by atoms with van der Waals surface area (Å²) in [5, 5.41) is 3.03. The van der Waals surface area contributed by atoms with Gasteiger partial charge in [-0.3, -0.25) is 0 Å².